The molecule has 0 aromatic heterocycles. The lowest BCUT2D eigenvalue weighted by molar-refractivity contribution is 0.337. The van der Waals surface area contributed by atoms with Crippen molar-refractivity contribution >= 4 is 0 Å². The van der Waals surface area contributed by atoms with Crippen molar-refractivity contribution in [1.29, 1.82) is 0 Å². The van der Waals surface area contributed by atoms with E-state index in [4.69, 9.17) is 9.47 Å². The summed E-state index contributed by atoms with van der Waals surface area (Å²) >= 11 is 0. The Kier molecular flexibility index (Phi) is 2.23. The fourth-order valence-corrected chi connectivity index (χ4v) is 1.43. The first-order chi connectivity index (χ1) is 6.31. The van der Waals surface area contributed by atoms with Gasteiger partial charge in [-0.05, 0) is 37.1 Å². The second-order valence-corrected chi connectivity index (χ2v) is 3.28. The highest BCUT2D eigenvalue weighted by Crippen LogP contribution is 2.32. The van der Waals surface area contributed by atoms with Crippen LogP contribution in [0.15, 0.2) is 18.2 Å². The van der Waals surface area contributed by atoms with E-state index in [-0.39, 0.29) is 0 Å². The van der Waals surface area contributed by atoms with Gasteiger partial charge in [0.15, 0.2) is 0 Å². The molecule has 0 N–H and O–H groups in total. The van der Waals surface area contributed by atoms with Crippen molar-refractivity contribution in [3.63, 3.8) is 0 Å². The van der Waals surface area contributed by atoms with Crippen molar-refractivity contribution in [2.45, 2.75) is 20.0 Å². The van der Waals surface area contributed by atoms with E-state index >= 15 is 0 Å². The Hall–Kier alpha value is -1.02. The highest BCUT2D eigenvalue weighted by molar-refractivity contribution is 5.37. The van der Waals surface area contributed by atoms with E-state index in [1.807, 2.05) is 13.0 Å². The van der Waals surface area contributed by atoms with E-state index in [9.17, 15) is 0 Å². The van der Waals surface area contributed by atoms with E-state index in [0.29, 0.717) is 6.10 Å². The molecule has 2 rings (SSSR count). The predicted octanol–water partition coefficient (Wildman–Crippen LogP) is 2.47. The third kappa shape index (κ3) is 1.83. The summed E-state index contributed by atoms with van der Waals surface area (Å²) in [6.07, 6.45) is 0.342. The molecule has 1 aromatic carbocycles. The van der Waals surface area contributed by atoms with E-state index in [1.54, 1.807) is 0 Å². The van der Waals surface area contributed by atoms with Gasteiger partial charge in [0.1, 0.15) is 11.9 Å². The number of benzene rings is 1. The topological polar surface area (TPSA) is 21.8 Å². The molecule has 0 bridgehead atoms. The summed E-state index contributed by atoms with van der Waals surface area (Å²) in [4.78, 5) is 0. The minimum absolute atomic E-state index is 0.342. The van der Waals surface area contributed by atoms with Gasteiger partial charge in [-0.25, -0.2) is 0 Å². The van der Waals surface area contributed by atoms with Crippen LogP contribution in [0.5, 0.6) is 5.75 Å². The largest absolute Gasteiger partial charge is 0.494 e. The number of hydrogen-bond acceptors (Lipinski definition) is 2. The fourth-order valence-electron chi connectivity index (χ4n) is 1.43. The Morgan fingerprint density at radius 2 is 2.31 bits per heavy atom. The summed E-state index contributed by atoms with van der Waals surface area (Å²) in [6.45, 7) is 5.65. The van der Waals surface area contributed by atoms with E-state index < -0.39 is 0 Å². The zero-order chi connectivity index (χ0) is 9.26. The molecule has 0 spiro atoms. The van der Waals surface area contributed by atoms with Crippen molar-refractivity contribution < 1.29 is 9.47 Å². The molecule has 0 saturated carbocycles. The van der Waals surface area contributed by atoms with Gasteiger partial charge in [0.05, 0.1) is 13.2 Å². The third-order valence-electron chi connectivity index (χ3n) is 2.20. The van der Waals surface area contributed by atoms with Gasteiger partial charge in [0.2, 0.25) is 0 Å². The molecule has 1 heterocycles. The van der Waals surface area contributed by atoms with Crippen molar-refractivity contribution in [2.75, 3.05) is 13.2 Å². The summed E-state index contributed by atoms with van der Waals surface area (Å²) in [5.41, 5.74) is 2.45. The Bertz CT molecular complexity index is 303. The van der Waals surface area contributed by atoms with Crippen LogP contribution in [0.1, 0.15) is 24.2 Å². The van der Waals surface area contributed by atoms with Gasteiger partial charge in [-0.15, -0.1) is 0 Å². The van der Waals surface area contributed by atoms with E-state index in [0.717, 1.165) is 19.0 Å². The molecule has 2 heteroatoms. The molecule has 1 aliphatic rings. The molecule has 0 aliphatic carbocycles. The Morgan fingerprint density at radius 3 is 2.85 bits per heavy atom. The van der Waals surface area contributed by atoms with Gasteiger partial charge in [0.25, 0.3) is 0 Å². The van der Waals surface area contributed by atoms with Crippen LogP contribution in [0, 0.1) is 6.92 Å². The molecule has 1 atom stereocenters. The zero-order valence-corrected chi connectivity index (χ0v) is 8.04. The Labute approximate surface area is 78.5 Å². The van der Waals surface area contributed by atoms with Crippen LogP contribution in [0.25, 0.3) is 0 Å². The molecule has 1 saturated heterocycles. The maximum atomic E-state index is 5.45. The van der Waals surface area contributed by atoms with E-state index in [1.165, 1.54) is 11.1 Å². The minimum Gasteiger partial charge on any atom is -0.494 e. The van der Waals surface area contributed by atoms with Gasteiger partial charge in [-0.2, -0.15) is 0 Å². The maximum absolute atomic E-state index is 5.45. The van der Waals surface area contributed by atoms with Gasteiger partial charge in [-0.1, -0.05) is 6.07 Å². The van der Waals surface area contributed by atoms with Crippen LogP contribution in [0.4, 0.5) is 0 Å². The van der Waals surface area contributed by atoms with Crippen LogP contribution >= 0.6 is 0 Å². The lowest BCUT2D eigenvalue weighted by Gasteiger charge is -2.07. The van der Waals surface area contributed by atoms with Crippen molar-refractivity contribution in [2.24, 2.45) is 0 Å². The second-order valence-electron chi connectivity index (χ2n) is 3.28. The lowest BCUT2D eigenvalue weighted by atomic mass is 10.1. The molecule has 1 fully saturated rings. The van der Waals surface area contributed by atoms with E-state index in [2.05, 4.69) is 19.1 Å². The molecular formula is C11H14O2. The van der Waals surface area contributed by atoms with Crippen LogP contribution in [-0.4, -0.2) is 13.2 Å². The number of hydrogen-bond donors (Lipinski definition) is 0. The average Bonchev–Trinajstić information content (AvgIpc) is 2.91. The molecule has 1 aromatic rings. The molecule has 13 heavy (non-hydrogen) atoms. The number of aryl methyl sites for hydroxylation is 1. The van der Waals surface area contributed by atoms with Gasteiger partial charge >= 0.3 is 0 Å². The van der Waals surface area contributed by atoms with Gasteiger partial charge < -0.3 is 9.47 Å². The quantitative estimate of drug-likeness (QED) is 0.663. The molecule has 0 radical (unpaired) electrons. The van der Waals surface area contributed by atoms with Gasteiger partial charge in [-0.3, -0.25) is 0 Å². The Morgan fingerprint density at radius 1 is 1.54 bits per heavy atom. The van der Waals surface area contributed by atoms with Crippen LogP contribution in [0.3, 0.4) is 0 Å². The van der Waals surface area contributed by atoms with Crippen LogP contribution < -0.4 is 4.74 Å². The molecule has 1 aliphatic heterocycles. The zero-order valence-electron chi connectivity index (χ0n) is 8.04. The molecule has 0 amide bonds. The first-order valence-corrected chi connectivity index (χ1v) is 4.66. The van der Waals surface area contributed by atoms with Gasteiger partial charge in [0, 0.05) is 0 Å². The molecular weight excluding hydrogens is 164 g/mol. The lowest BCUT2D eigenvalue weighted by Crippen LogP contribution is -1.94. The Balaban J connectivity index is 2.21. The standard InChI is InChI=1S/C11H14O2/c1-3-12-10-5-4-9(6-8(10)2)11-7-13-11/h4-6,11H,3,7H2,1-2H3. The average molecular weight is 178 g/mol. The predicted molar refractivity (Wildman–Crippen MR) is 51.0 cm³/mol. The highest BCUT2D eigenvalue weighted by Gasteiger charge is 2.24. The SMILES string of the molecule is CCOc1ccc(C2CO2)cc1C. The third-order valence-corrected chi connectivity index (χ3v) is 2.20. The first kappa shape index (κ1) is 8.57. The first-order valence-electron chi connectivity index (χ1n) is 4.66. The smallest absolute Gasteiger partial charge is 0.122 e. The van der Waals surface area contributed by atoms with Crippen LogP contribution in [0.2, 0.25) is 0 Å². The van der Waals surface area contributed by atoms with Crippen molar-refractivity contribution in [1.82, 2.24) is 0 Å². The number of epoxide rings is 1. The number of ether oxygens (including phenoxy) is 2. The summed E-state index contributed by atoms with van der Waals surface area (Å²) in [5, 5.41) is 0. The summed E-state index contributed by atoms with van der Waals surface area (Å²) < 4.78 is 10.7. The second kappa shape index (κ2) is 3.38. The maximum Gasteiger partial charge on any atom is 0.122 e. The molecule has 70 valence electrons. The minimum atomic E-state index is 0.342. The molecule has 2 nitrogen and oxygen atoms in total. The normalized spacial score (nSPS) is 20.0. The number of rotatable bonds is 3. The summed E-state index contributed by atoms with van der Waals surface area (Å²) in [6, 6.07) is 6.24. The summed E-state index contributed by atoms with van der Waals surface area (Å²) in [7, 11) is 0. The van der Waals surface area contributed by atoms with Crippen LogP contribution in [-0.2, 0) is 4.74 Å². The molecule has 1 unspecified atom stereocenters. The summed E-state index contributed by atoms with van der Waals surface area (Å²) in [5.74, 6) is 0.979. The van der Waals surface area contributed by atoms with Crippen molar-refractivity contribution in [3.8, 4) is 5.75 Å². The van der Waals surface area contributed by atoms with Crippen molar-refractivity contribution in [3.05, 3.63) is 29.3 Å². The monoisotopic (exact) mass is 178 g/mol. The highest BCUT2D eigenvalue weighted by atomic mass is 16.6. The fraction of sp³-hybridized carbons (Fsp3) is 0.455.